The Kier molecular flexibility index (Phi) is 10.3. The van der Waals surface area contributed by atoms with Gasteiger partial charge in [0.25, 0.3) is 0 Å². The molecule has 2 aromatic heterocycles. The van der Waals surface area contributed by atoms with Gasteiger partial charge in [0.05, 0.1) is 0 Å². The van der Waals surface area contributed by atoms with Crippen molar-refractivity contribution >= 4 is 21.5 Å². The van der Waals surface area contributed by atoms with Gasteiger partial charge in [0.1, 0.15) is 0 Å². The van der Waals surface area contributed by atoms with Crippen molar-refractivity contribution in [1.29, 1.82) is 0 Å². The van der Waals surface area contributed by atoms with Crippen LogP contribution in [0.4, 0.5) is 0 Å². The van der Waals surface area contributed by atoms with E-state index in [0.29, 0.717) is 0 Å². The van der Waals surface area contributed by atoms with Crippen molar-refractivity contribution < 1.29 is 20.1 Å². The number of hydrogen-bond donors (Lipinski definition) is 0. The molecule has 0 fully saturated rings. The van der Waals surface area contributed by atoms with Crippen molar-refractivity contribution in [2.45, 2.75) is 41.0 Å². The fraction of sp³-hybridized carbons (Fsp3) is 0.163. The van der Waals surface area contributed by atoms with Crippen molar-refractivity contribution in [3.63, 3.8) is 0 Å². The summed E-state index contributed by atoms with van der Waals surface area (Å²) in [7, 11) is 0. The number of pyridine rings is 2. The maximum Gasteiger partial charge on any atom is 0.0192 e. The Bertz CT molecular complexity index is 2070. The molecule has 0 unspecified atom stereocenters. The zero-order valence-corrected chi connectivity index (χ0v) is 29.5. The van der Waals surface area contributed by atoms with Crippen molar-refractivity contribution in [3.8, 4) is 33.6 Å². The second-order valence-electron chi connectivity index (χ2n) is 12.9. The molecule has 0 bridgehead atoms. The molecule has 0 N–H and O–H groups in total. The molecule has 1 radical (unpaired) electrons. The zero-order valence-electron chi connectivity index (χ0n) is 27.1. The van der Waals surface area contributed by atoms with Crippen LogP contribution in [0.15, 0.2) is 128 Å². The Hall–Kier alpha value is -4.43. The molecule has 3 heteroatoms. The van der Waals surface area contributed by atoms with Crippen molar-refractivity contribution in [2.24, 2.45) is 5.41 Å². The predicted octanol–water partition coefficient (Wildman–Crippen LogP) is 11.3. The maximum atomic E-state index is 4.75. The summed E-state index contributed by atoms with van der Waals surface area (Å²) in [4.78, 5) is 9.07. The quantitative estimate of drug-likeness (QED) is 0.131. The van der Waals surface area contributed by atoms with Gasteiger partial charge in [-0.05, 0) is 81.4 Å². The average molecular weight is 775 g/mol. The van der Waals surface area contributed by atoms with E-state index >= 15 is 0 Å². The van der Waals surface area contributed by atoms with Crippen LogP contribution in [0.25, 0.3) is 55.2 Å². The minimum absolute atomic E-state index is 0. The van der Waals surface area contributed by atoms with Gasteiger partial charge in [0.15, 0.2) is 0 Å². The summed E-state index contributed by atoms with van der Waals surface area (Å²) >= 11 is 0. The number of aromatic nitrogens is 2. The van der Waals surface area contributed by atoms with Gasteiger partial charge in [-0.2, -0.15) is 0 Å². The molecule has 5 aromatic carbocycles. The summed E-state index contributed by atoms with van der Waals surface area (Å²) < 4.78 is 0. The third-order valence-electron chi connectivity index (χ3n) is 7.99. The average Bonchev–Trinajstić information content (AvgIpc) is 3.06. The van der Waals surface area contributed by atoms with Gasteiger partial charge in [-0.25, -0.2) is 0 Å². The molecule has 0 spiro atoms. The number of rotatable bonds is 4. The standard InChI is InChI=1S/C31H28N.C12H10N.Ir/c1-21-20-32-30(18-25(21)19-31(2,3)4)24-12-9-11-22(16-24)29-17-23-10-5-6-13-26(23)27-14-7-8-15-28(27)29;1-10-7-8-12(13-9-10)11-5-3-2-4-6-11;/h5-11,13-18,20H,19H2,1-4H3;2-5,7-9H,1H3;/q2*-1;. The van der Waals surface area contributed by atoms with Crippen LogP contribution in [0.2, 0.25) is 0 Å². The molecule has 0 aliphatic carbocycles. The normalized spacial score (nSPS) is 11.1. The molecular weight excluding hydrogens is 737 g/mol. The minimum atomic E-state index is 0. The van der Waals surface area contributed by atoms with Crippen molar-refractivity contribution in [1.82, 2.24) is 9.97 Å². The third kappa shape index (κ3) is 7.68. The first kappa shape index (κ1) is 32.9. The first-order valence-corrected chi connectivity index (χ1v) is 15.5. The maximum absolute atomic E-state index is 4.75. The SMILES string of the molecule is Cc1ccc(-c2[c-]cccc2)nc1.Cc1cnc(-c2[c-]ccc(-c3cc4ccccc4c4ccccc34)c2)cc1CC(C)(C)C.[Ir]. The third-order valence-corrected chi connectivity index (χ3v) is 7.99. The van der Waals surface area contributed by atoms with E-state index in [9.17, 15) is 0 Å². The molecular formula is C43H38IrN2-2. The number of benzene rings is 5. The van der Waals surface area contributed by atoms with Crippen LogP contribution in [0.3, 0.4) is 0 Å². The second-order valence-corrected chi connectivity index (χ2v) is 12.9. The van der Waals surface area contributed by atoms with Crippen molar-refractivity contribution in [2.75, 3.05) is 0 Å². The van der Waals surface area contributed by atoms with E-state index in [4.69, 9.17) is 4.98 Å². The fourth-order valence-electron chi connectivity index (χ4n) is 5.73. The van der Waals surface area contributed by atoms with Crippen molar-refractivity contribution in [3.05, 3.63) is 156 Å². The summed E-state index contributed by atoms with van der Waals surface area (Å²) in [6.45, 7) is 11.0. The van der Waals surface area contributed by atoms with E-state index < -0.39 is 0 Å². The van der Waals surface area contributed by atoms with E-state index in [1.807, 2.05) is 55.7 Å². The Labute approximate surface area is 287 Å². The summed E-state index contributed by atoms with van der Waals surface area (Å²) in [5.74, 6) is 0. The summed E-state index contributed by atoms with van der Waals surface area (Å²) in [6.07, 6.45) is 4.90. The van der Waals surface area contributed by atoms with Crippen LogP contribution >= 0.6 is 0 Å². The largest absolute Gasteiger partial charge is 0.304 e. The molecule has 2 nitrogen and oxygen atoms in total. The van der Waals surface area contributed by atoms with E-state index in [1.54, 1.807) is 0 Å². The van der Waals surface area contributed by atoms with Crippen LogP contribution in [0.1, 0.15) is 37.5 Å². The molecule has 7 rings (SSSR count). The number of fused-ring (bicyclic) bond motifs is 3. The predicted molar refractivity (Wildman–Crippen MR) is 190 cm³/mol. The van der Waals surface area contributed by atoms with Gasteiger partial charge < -0.3 is 9.97 Å². The second kappa shape index (κ2) is 14.3. The zero-order chi connectivity index (χ0) is 31.4. The smallest absolute Gasteiger partial charge is 0.0192 e. The van der Waals surface area contributed by atoms with Crippen LogP contribution in [-0.4, -0.2) is 9.97 Å². The van der Waals surface area contributed by atoms with E-state index in [1.165, 1.54) is 49.4 Å². The number of nitrogens with zero attached hydrogens (tertiary/aromatic N) is 2. The summed E-state index contributed by atoms with van der Waals surface area (Å²) in [5, 5.41) is 5.11. The van der Waals surface area contributed by atoms with Gasteiger partial charge >= 0.3 is 0 Å². The van der Waals surface area contributed by atoms with Gasteiger partial charge in [-0.1, -0.05) is 93.1 Å². The molecule has 0 atom stereocenters. The van der Waals surface area contributed by atoms with Gasteiger partial charge in [0, 0.05) is 32.5 Å². The Morgan fingerprint density at radius 3 is 2.02 bits per heavy atom. The summed E-state index contributed by atoms with van der Waals surface area (Å²) in [5.41, 5.74) is 10.5. The first-order valence-electron chi connectivity index (χ1n) is 15.5. The number of aryl methyl sites for hydroxylation is 2. The molecule has 0 aliphatic rings. The van der Waals surface area contributed by atoms with E-state index in [-0.39, 0.29) is 25.5 Å². The molecule has 0 aliphatic heterocycles. The molecule has 0 amide bonds. The van der Waals surface area contributed by atoms with Crippen LogP contribution in [0.5, 0.6) is 0 Å². The fourth-order valence-corrected chi connectivity index (χ4v) is 5.73. The Morgan fingerprint density at radius 1 is 0.609 bits per heavy atom. The molecule has 0 saturated heterocycles. The molecule has 7 aromatic rings. The Balaban J connectivity index is 0.000000250. The van der Waals surface area contributed by atoms with Crippen LogP contribution in [-0.2, 0) is 26.5 Å². The van der Waals surface area contributed by atoms with Gasteiger partial charge in [-0.15, -0.1) is 71.3 Å². The first-order chi connectivity index (χ1) is 21.7. The van der Waals surface area contributed by atoms with Gasteiger partial charge in [0.2, 0.25) is 0 Å². The van der Waals surface area contributed by atoms with Crippen LogP contribution in [0, 0.1) is 31.4 Å². The molecule has 231 valence electrons. The van der Waals surface area contributed by atoms with Gasteiger partial charge in [-0.3, -0.25) is 0 Å². The summed E-state index contributed by atoms with van der Waals surface area (Å²) in [6, 6.07) is 46.8. The molecule has 2 heterocycles. The Morgan fingerprint density at radius 2 is 1.30 bits per heavy atom. The monoisotopic (exact) mass is 775 g/mol. The van der Waals surface area contributed by atoms with Crippen LogP contribution < -0.4 is 0 Å². The topological polar surface area (TPSA) is 25.8 Å². The number of hydrogen-bond acceptors (Lipinski definition) is 2. The molecule has 46 heavy (non-hydrogen) atoms. The molecule has 0 saturated carbocycles. The minimum Gasteiger partial charge on any atom is -0.304 e. The van der Waals surface area contributed by atoms with E-state index in [0.717, 1.165) is 28.9 Å². The van der Waals surface area contributed by atoms with E-state index in [2.05, 4.69) is 124 Å².